The van der Waals surface area contributed by atoms with Gasteiger partial charge < -0.3 is 9.47 Å². The molecule has 0 aliphatic carbocycles. The van der Waals surface area contributed by atoms with E-state index in [1.165, 1.54) is 26.4 Å². The first kappa shape index (κ1) is 11.7. The molecule has 3 nitrogen and oxygen atoms in total. The lowest BCUT2D eigenvalue weighted by Crippen LogP contribution is -2.26. The Kier molecular flexibility index (Phi) is 4.24. The van der Waals surface area contributed by atoms with Crippen LogP contribution in [0.3, 0.4) is 0 Å². The third-order valence-corrected chi connectivity index (χ3v) is 2.08. The maximum Gasteiger partial charge on any atom is 0.335 e. The number of rotatable bonds is 4. The van der Waals surface area contributed by atoms with Gasteiger partial charge in [-0.25, -0.2) is 9.18 Å². The van der Waals surface area contributed by atoms with Crippen LogP contribution in [0.1, 0.15) is 5.56 Å². The van der Waals surface area contributed by atoms with E-state index in [-0.39, 0.29) is 5.82 Å². The molecule has 15 heavy (non-hydrogen) atoms. The van der Waals surface area contributed by atoms with Crippen molar-refractivity contribution in [3.63, 3.8) is 0 Å². The van der Waals surface area contributed by atoms with E-state index in [0.29, 0.717) is 6.42 Å². The largest absolute Gasteiger partial charge is 0.467 e. The first-order valence-electron chi connectivity index (χ1n) is 4.52. The number of esters is 1. The van der Waals surface area contributed by atoms with Gasteiger partial charge in [-0.1, -0.05) is 12.1 Å². The molecule has 0 unspecified atom stereocenters. The number of benzene rings is 1. The molecule has 1 aromatic carbocycles. The molecule has 0 fully saturated rings. The van der Waals surface area contributed by atoms with Crippen LogP contribution in [-0.2, 0) is 20.7 Å². The molecule has 0 saturated carbocycles. The van der Waals surface area contributed by atoms with Crippen LogP contribution >= 0.6 is 0 Å². The van der Waals surface area contributed by atoms with Gasteiger partial charge in [-0.2, -0.15) is 0 Å². The van der Waals surface area contributed by atoms with Gasteiger partial charge in [-0.05, 0) is 17.7 Å². The van der Waals surface area contributed by atoms with E-state index in [1.807, 2.05) is 0 Å². The van der Waals surface area contributed by atoms with Crippen LogP contribution in [-0.4, -0.2) is 26.3 Å². The number of carbonyl (C=O) groups excluding carboxylic acids is 1. The molecular formula is C11H13FO3. The van der Waals surface area contributed by atoms with Gasteiger partial charge in [0.2, 0.25) is 0 Å². The molecule has 0 N–H and O–H groups in total. The molecule has 0 aliphatic heterocycles. The molecule has 1 rings (SSSR count). The second kappa shape index (κ2) is 5.46. The van der Waals surface area contributed by atoms with Gasteiger partial charge in [0.1, 0.15) is 5.82 Å². The molecule has 0 radical (unpaired) electrons. The van der Waals surface area contributed by atoms with E-state index in [4.69, 9.17) is 4.74 Å². The second-order valence-electron chi connectivity index (χ2n) is 3.08. The van der Waals surface area contributed by atoms with Crippen molar-refractivity contribution in [1.82, 2.24) is 0 Å². The Morgan fingerprint density at radius 3 is 2.40 bits per heavy atom. The van der Waals surface area contributed by atoms with Gasteiger partial charge in [0.15, 0.2) is 6.10 Å². The highest BCUT2D eigenvalue weighted by molar-refractivity contribution is 5.74. The fourth-order valence-corrected chi connectivity index (χ4v) is 1.23. The van der Waals surface area contributed by atoms with E-state index in [2.05, 4.69) is 4.74 Å². The van der Waals surface area contributed by atoms with Crippen molar-refractivity contribution >= 4 is 5.97 Å². The minimum atomic E-state index is -0.638. The molecule has 1 atom stereocenters. The summed E-state index contributed by atoms with van der Waals surface area (Å²) in [6, 6.07) is 5.92. The summed E-state index contributed by atoms with van der Waals surface area (Å²) >= 11 is 0. The lowest BCUT2D eigenvalue weighted by atomic mass is 10.1. The average molecular weight is 212 g/mol. The highest BCUT2D eigenvalue weighted by atomic mass is 19.1. The monoisotopic (exact) mass is 212 g/mol. The molecular weight excluding hydrogens is 199 g/mol. The number of hydrogen-bond donors (Lipinski definition) is 0. The highest BCUT2D eigenvalue weighted by Crippen LogP contribution is 2.08. The quantitative estimate of drug-likeness (QED) is 0.710. The molecule has 0 aromatic heterocycles. The molecule has 0 heterocycles. The van der Waals surface area contributed by atoms with E-state index >= 15 is 0 Å². The van der Waals surface area contributed by atoms with Crippen molar-refractivity contribution in [1.29, 1.82) is 0 Å². The molecule has 0 bridgehead atoms. The first-order valence-corrected chi connectivity index (χ1v) is 4.52. The lowest BCUT2D eigenvalue weighted by molar-refractivity contribution is -0.152. The minimum Gasteiger partial charge on any atom is -0.467 e. The van der Waals surface area contributed by atoms with Crippen LogP contribution < -0.4 is 0 Å². The zero-order chi connectivity index (χ0) is 11.3. The van der Waals surface area contributed by atoms with Crippen LogP contribution in [0.2, 0.25) is 0 Å². The SMILES string of the molecule is COC(=O)[C@@H](Cc1ccc(F)cc1)OC. The number of halogens is 1. The van der Waals surface area contributed by atoms with E-state index in [9.17, 15) is 9.18 Å². The Hall–Kier alpha value is -1.42. The minimum absolute atomic E-state index is 0.300. The van der Waals surface area contributed by atoms with Gasteiger partial charge in [-0.15, -0.1) is 0 Å². The Bertz CT molecular complexity index is 321. The average Bonchev–Trinajstić information content (AvgIpc) is 2.27. The van der Waals surface area contributed by atoms with Crippen LogP contribution in [0.25, 0.3) is 0 Å². The summed E-state index contributed by atoms with van der Waals surface area (Å²) < 4.78 is 22.1. The van der Waals surface area contributed by atoms with E-state index < -0.39 is 12.1 Å². The molecule has 0 aliphatic rings. The normalized spacial score (nSPS) is 12.2. The number of ether oxygens (including phenoxy) is 2. The highest BCUT2D eigenvalue weighted by Gasteiger charge is 2.18. The molecule has 0 amide bonds. The number of hydrogen-bond acceptors (Lipinski definition) is 3. The van der Waals surface area contributed by atoms with Gasteiger partial charge in [0.05, 0.1) is 7.11 Å². The van der Waals surface area contributed by atoms with E-state index in [0.717, 1.165) is 5.56 Å². The summed E-state index contributed by atoms with van der Waals surface area (Å²) in [5.41, 5.74) is 0.827. The predicted octanol–water partition coefficient (Wildman–Crippen LogP) is 1.56. The van der Waals surface area contributed by atoms with Gasteiger partial charge in [0, 0.05) is 13.5 Å². The van der Waals surface area contributed by atoms with Crippen LogP contribution in [0.15, 0.2) is 24.3 Å². The number of carbonyl (C=O) groups is 1. The summed E-state index contributed by atoms with van der Waals surface area (Å²) in [7, 11) is 2.74. The van der Waals surface area contributed by atoms with Crippen molar-refractivity contribution in [2.75, 3.05) is 14.2 Å². The zero-order valence-electron chi connectivity index (χ0n) is 8.70. The molecule has 0 saturated heterocycles. The predicted molar refractivity (Wildman–Crippen MR) is 52.9 cm³/mol. The van der Waals surface area contributed by atoms with Gasteiger partial charge >= 0.3 is 5.97 Å². The van der Waals surface area contributed by atoms with Crippen molar-refractivity contribution in [2.24, 2.45) is 0 Å². The maximum absolute atomic E-state index is 12.6. The second-order valence-corrected chi connectivity index (χ2v) is 3.08. The number of methoxy groups -OCH3 is 2. The standard InChI is InChI=1S/C11H13FO3/c1-14-10(11(13)15-2)7-8-3-5-9(12)6-4-8/h3-6,10H,7H2,1-2H3/t10-/m1/s1. The van der Waals surface area contributed by atoms with Crippen molar-refractivity contribution < 1.29 is 18.7 Å². The fourth-order valence-electron chi connectivity index (χ4n) is 1.23. The Morgan fingerprint density at radius 1 is 1.33 bits per heavy atom. The first-order chi connectivity index (χ1) is 7.17. The smallest absolute Gasteiger partial charge is 0.335 e. The summed E-state index contributed by atoms with van der Waals surface area (Å²) in [5.74, 6) is -0.729. The van der Waals surface area contributed by atoms with Crippen molar-refractivity contribution in [3.8, 4) is 0 Å². The summed E-state index contributed by atoms with van der Waals surface area (Å²) in [4.78, 5) is 11.2. The topological polar surface area (TPSA) is 35.5 Å². The molecule has 0 spiro atoms. The van der Waals surface area contributed by atoms with Crippen molar-refractivity contribution in [3.05, 3.63) is 35.6 Å². The third kappa shape index (κ3) is 3.32. The molecule has 82 valence electrons. The Morgan fingerprint density at radius 2 is 1.93 bits per heavy atom. The van der Waals surface area contributed by atoms with Crippen LogP contribution in [0, 0.1) is 5.82 Å². The Balaban J connectivity index is 2.66. The molecule has 4 heteroatoms. The summed E-state index contributed by atoms with van der Waals surface area (Å²) in [6.07, 6.45) is -0.260. The Labute approximate surface area is 87.8 Å². The summed E-state index contributed by atoms with van der Waals surface area (Å²) in [5, 5.41) is 0. The van der Waals surface area contributed by atoms with Crippen LogP contribution in [0.5, 0.6) is 0 Å². The van der Waals surface area contributed by atoms with Gasteiger partial charge in [-0.3, -0.25) is 0 Å². The zero-order valence-corrected chi connectivity index (χ0v) is 8.70. The van der Waals surface area contributed by atoms with Gasteiger partial charge in [0.25, 0.3) is 0 Å². The van der Waals surface area contributed by atoms with Crippen LogP contribution in [0.4, 0.5) is 4.39 Å². The van der Waals surface area contributed by atoms with Crippen molar-refractivity contribution in [2.45, 2.75) is 12.5 Å². The fraction of sp³-hybridized carbons (Fsp3) is 0.364. The summed E-state index contributed by atoms with van der Waals surface area (Å²) in [6.45, 7) is 0. The molecule has 1 aromatic rings. The maximum atomic E-state index is 12.6. The lowest BCUT2D eigenvalue weighted by Gasteiger charge is -2.12. The van der Waals surface area contributed by atoms with E-state index in [1.54, 1.807) is 12.1 Å². The third-order valence-electron chi connectivity index (χ3n) is 2.08.